The normalized spacial score (nSPS) is 17.1. The first-order valence-electron chi connectivity index (χ1n) is 9.14. The molecule has 144 valence electrons. The highest BCUT2D eigenvalue weighted by Gasteiger charge is 2.32. The zero-order chi connectivity index (χ0) is 19.4. The molecule has 0 bridgehead atoms. The van der Waals surface area contributed by atoms with Crippen molar-refractivity contribution in [3.8, 4) is 16.9 Å². The van der Waals surface area contributed by atoms with E-state index in [1.807, 2.05) is 19.1 Å². The average molecular weight is 378 g/mol. The third-order valence-corrected chi connectivity index (χ3v) is 5.00. The molecule has 1 atom stereocenters. The van der Waals surface area contributed by atoms with E-state index in [1.165, 1.54) is 23.6 Å². The summed E-state index contributed by atoms with van der Waals surface area (Å²) >= 11 is 0. The summed E-state index contributed by atoms with van der Waals surface area (Å²) in [4.78, 5) is 0. The highest BCUT2D eigenvalue weighted by Crippen LogP contribution is 2.34. The smallest absolute Gasteiger partial charge is 0.403 e. The molecule has 0 aromatic heterocycles. The first-order valence-corrected chi connectivity index (χ1v) is 9.14. The van der Waals surface area contributed by atoms with Crippen LogP contribution in [0.2, 0.25) is 0 Å². The predicted molar refractivity (Wildman–Crippen MR) is 98.1 cm³/mol. The Balaban J connectivity index is 1.75. The van der Waals surface area contributed by atoms with E-state index >= 15 is 0 Å². The van der Waals surface area contributed by atoms with Gasteiger partial charge in [0.15, 0.2) is 11.6 Å². The lowest BCUT2D eigenvalue weighted by Gasteiger charge is -2.25. The molecule has 0 saturated heterocycles. The van der Waals surface area contributed by atoms with Gasteiger partial charge < -0.3 is 4.74 Å². The van der Waals surface area contributed by atoms with Gasteiger partial charge >= 0.3 is 6.36 Å². The standard InChI is InChI=1S/C22H22F4O/c1-2-3-4-5-15-6-7-17-13-18(9-8-16(17)12-15)19-10-11-21(20(23)14-19)27-22(24,25)26/h2-3,8-11,13-15H,4-7,12H2,1H3/b3-2+. The lowest BCUT2D eigenvalue weighted by Crippen LogP contribution is -2.17. The Labute approximate surface area is 156 Å². The van der Waals surface area contributed by atoms with Gasteiger partial charge in [0.25, 0.3) is 0 Å². The van der Waals surface area contributed by atoms with E-state index in [4.69, 9.17) is 0 Å². The van der Waals surface area contributed by atoms with Crippen LogP contribution in [0.3, 0.4) is 0 Å². The van der Waals surface area contributed by atoms with E-state index in [2.05, 4.69) is 23.0 Å². The second kappa shape index (κ2) is 8.15. The second-order valence-electron chi connectivity index (χ2n) is 6.93. The van der Waals surface area contributed by atoms with E-state index in [1.54, 1.807) is 0 Å². The molecular formula is C22H22F4O. The van der Waals surface area contributed by atoms with Crippen molar-refractivity contribution in [3.05, 3.63) is 65.5 Å². The van der Waals surface area contributed by atoms with Gasteiger partial charge in [-0.1, -0.05) is 36.4 Å². The summed E-state index contributed by atoms with van der Waals surface area (Å²) in [5.74, 6) is -1.16. The van der Waals surface area contributed by atoms with Gasteiger partial charge in [-0.25, -0.2) is 4.39 Å². The molecule has 3 rings (SSSR count). The number of rotatable bonds is 5. The monoisotopic (exact) mass is 378 g/mol. The molecule has 2 aromatic rings. The van der Waals surface area contributed by atoms with Crippen LogP contribution in [-0.4, -0.2) is 6.36 Å². The van der Waals surface area contributed by atoms with Gasteiger partial charge in [0.05, 0.1) is 0 Å². The first-order chi connectivity index (χ1) is 12.9. The van der Waals surface area contributed by atoms with E-state index in [0.717, 1.165) is 43.4 Å². The van der Waals surface area contributed by atoms with Crippen LogP contribution in [0.4, 0.5) is 17.6 Å². The maximum atomic E-state index is 14.0. The molecule has 5 heteroatoms. The minimum Gasteiger partial charge on any atom is -0.403 e. The summed E-state index contributed by atoms with van der Waals surface area (Å²) in [6, 6.07) is 9.56. The molecule has 0 spiro atoms. The minimum absolute atomic E-state index is 0.542. The molecule has 0 amide bonds. The van der Waals surface area contributed by atoms with Gasteiger partial charge in [0.2, 0.25) is 0 Å². The summed E-state index contributed by atoms with van der Waals surface area (Å²) in [6.45, 7) is 2.03. The summed E-state index contributed by atoms with van der Waals surface area (Å²) in [7, 11) is 0. The largest absolute Gasteiger partial charge is 0.573 e. The number of allylic oxidation sites excluding steroid dienone is 2. The van der Waals surface area contributed by atoms with E-state index in [0.29, 0.717) is 11.5 Å². The van der Waals surface area contributed by atoms with Gasteiger partial charge in [0, 0.05) is 0 Å². The van der Waals surface area contributed by atoms with Crippen LogP contribution >= 0.6 is 0 Å². The third-order valence-electron chi connectivity index (χ3n) is 5.00. The molecule has 1 unspecified atom stereocenters. The molecule has 0 radical (unpaired) electrons. The van der Waals surface area contributed by atoms with Gasteiger partial charge in [0.1, 0.15) is 0 Å². The highest BCUT2D eigenvalue weighted by molar-refractivity contribution is 5.66. The van der Waals surface area contributed by atoms with Crippen molar-refractivity contribution in [1.29, 1.82) is 0 Å². The Morgan fingerprint density at radius 2 is 1.81 bits per heavy atom. The quantitative estimate of drug-likeness (QED) is 0.408. The molecule has 27 heavy (non-hydrogen) atoms. The van der Waals surface area contributed by atoms with Crippen LogP contribution in [0.15, 0.2) is 48.6 Å². The number of halogens is 4. The lowest BCUT2D eigenvalue weighted by molar-refractivity contribution is -0.275. The zero-order valence-corrected chi connectivity index (χ0v) is 15.2. The summed E-state index contributed by atoms with van der Waals surface area (Å²) in [5, 5.41) is 0. The van der Waals surface area contributed by atoms with Gasteiger partial charge in [-0.05, 0) is 79.3 Å². The number of fused-ring (bicyclic) bond motifs is 1. The van der Waals surface area contributed by atoms with Gasteiger partial charge in [-0.15, -0.1) is 13.2 Å². The van der Waals surface area contributed by atoms with Crippen LogP contribution in [0.1, 0.15) is 37.3 Å². The number of alkyl halides is 3. The maximum Gasteiger partial charge on any atom is 0.573 e. The second-order valence-corrected chi connectivity index (χ2v) is 6.93. The molecular weight excluding hydrogens is 356 g/mol. The Hall–Kier alpha value is -2.30. The minimum atomic E-state index is -4.91. The number of benzene rings is 2. The summed E-state index contributed by atoms with van der Waals surface area (Å²) < 4.78 is 54.5. The SMILES string of the molecule is C/C=C/CCC1CCc2cc(-c3ccc(OC(F)(F)F)c(F)c3)ccc2C1. The molecule has 1 aliphatic rings. The fraction of sp³-hybridized carbons (Fsp3) is 0.364. The number of hydrogen-bond acceptors (Lipinski definition) is 1. The Morgan fingerprint density at radius 3 is 2.52 bits per heavy atom. The van der Waals surface area contributed by atoms with Crippen LogP contribution in [0.25, 0.3) is 11.1 Å². The van der Waals surface area contributed by atoms with Crippen LogP contribution in [0, 0.1) is 11.7 Å². The number of aryl methyl sites for hydroxylation is 1. The molecule has 0 aliphatic heterocycles. The predicted octanol–water partition coefficient (Wildman–Crippen LogP) is 6.85. The van der Waals surface area contributed by atoms with Crippen LogP contribution in [0.5, 0.6) is 5.75 Å². The molecule has 0 heterocycles. The number of hydrogen-bond donors (Lipinski definition) is 0. The van der Waals surface area contributed by atoms with Gasteiger partial charge in [-0.3, -0.25) is 0 Å². The van der Waals surface area contributed by atoms with Crippen molar-refractivity contribution in [3.63, 3.8) is 0 Å². The lowest BCUT2D eigenvalue weighted by atomic mass is 9.80. The summed E-state index contributed by atoms with van der Waals surface area (Å²) in [6.07, 6.45) is 4.78. The maximum absolute atomic E-state index is 14.0. The van der Waals surface area contributed by atoms with E-state index < -0.39 is 17.9 Å². The topological polar surface area (TPSA) is 9.23 Å². The first kappa shape index (κ1) is 19.5. The molecule has 1 aliphatic carbocycles. The third kappa shape index (κ3) is 5.12. The van der Waals surface area contributed by atoms with E-state index in [-0.39, 0.29) is 0 Å². The van der Waals surface area contributed by atoms with Crippen molar-refractivity contribution in [2.75, 3.05) is 0 Å². The van der Waals surface area contributed by atoms with Crippen molar-refractivity contribution < 1.29 is 22.3 Å². The fourth-order valence-corrected chi connectivity index (χ4v) is 3.64. The van der Waals surface area contributed by atoms with Crippen molar-refractivity contribution in [2.45, 2.75) is 45.4 Å². The molecule has 0 fully saturated rings. The van der Waals surface area contributed by atoms with Crippen molar-refractivity contribution in [2.24, 2.45) is 5.92 Å². The zero-order valence-electron chi connectivity index (χ0n) is 15.2. The van der Waals surface area contributed by atoms with Crippen molar-refractivity contribution in [1.82, 2.24) is 0 Å². The van der Waals surface area contributed by atoms with E-state index in [9.17, 15) is 17.6 Å². The molecule has 1 nitrogen and oxygen atoms in total. The Bertz CT molecular complexity index is 824. The van der Waals surface area contributed by atoms with Gasteiger partial charge in [-0.2, -0.15) is 0 Å². The highest BCUT2D eigenvalue weighted by atomic mass is 19.4. The van der Waals surface area contributed by atoms with Crippen LogP contribution < -0.4 is 4.74 Å². The Kier molecular flexibility index (Phi) is 5.88. The Morgan fingerprint density at radius 1 is 1.07 bits per heavy atom. The fourth-order valence-electron chi connectivity index (χ4n) is 3.64. The molecule has 0 N–H and O–H groups in total. The molecule has 2 aromatic carbocycles. The average Bonchev–Trinajstić information content (AvgIpc) is 2.62. The summed E-state index contributed by atoms with van der Waals surface area (Å²) in [5.41, 5.74) is 3.90. The number of ether oxygens (including phenoxy) is 1. The molecule has 0 saturated carbocycles. The van der Waals surface area contributed by atoms with Crippen molar-refractivity contribution >= 4 is 0 Å². The van der Waals surface area contributed by atoms with Crippen LogP contribution in [-0.2, 0) is 12.8 Å².